The summed E-state index contributed by atoms with van der Waals surface area (Å²) in [5.41, 5.74) is 6.85. The second kappa shape index (κ2) is 10.0. The van der Waals surface area contributed by atoms with Crippen LogP contribution in [0.15, 0.2) is 30.3 Å². The Morgan fingerprint density at radius 3 is 2.60 bits per heavy atom. The van der Waals surface area contributed by atoms with E-state index in [-0.39, 0.29) is 37.3 Å². The predicted octanol–water partition coefficient (Wildman–Crippen LogP) is -0.134. The summed E-state index contributed by atoms with van der Waals surface area (Å²) < 4.78 is 0. The van der Waals surface area contributed by atoms with E-state index in [4.69, 9.17) is 5.73 Å². The van der Waals surface area contributed by atoms with Gasteiger partial charge in [0.05, 0.1) is 6.04 Å². The Morgan fingerprint density at radius 1 is 1.23 bits per heavy atom. The SMILES string of the molecule is N[C@H]1CN[C@H](C(=O)C[C@@H]2C[C@H](NC(=O)[C@H](O)CCc3ccccc3)CN2C(=O)O)C1. The number of amides is 2. The van der Waals surface area contributed by atoms with E-state index in [0.29, 0.717) is 25.8 Å². The molecule has 1 aromatic rings. The van der Waals surface area contributed by atoms with Gasteiger partial charge in [-0.05, 0) is 31.2 Å². The molecule has 0 saturated carbocycles. The summed E-state index contributed by atoms with van der Waals surface area (Å²) >= 11 is 0. The molecule has 0 aliphatic carbocycles. The van der Waals surface area contributed by atoms with Gasteiger partial charge in [0.2, 0.25) is 5.91 Å². The third kappa shape index (κ3) is 5.78. The van der Waals surface area contributed by atoms with Crippen LogP contribution in [0, 0.1) is 0 Å². The second-order valence-corrected chi connectivity index (χ2v) is 8.20. The number of aryl methyl sites for hydroxylation is 1. The lowest BCUT2D eigenvalue weighted by molar-refractivity contribution is -0.130. The lowest BCUT2D eigenvalue weighted by Gasteiger charge is -2.21. The highest BCUT2D eigenvalue weighted by Gasteiger charge is 2.39. The van der Waals surface area contributed by atoms with Crippen LogP contribution in [0.5, 0.6) is 0 Å². The van der Waals surface area contributed by atoms with Crippen LogP contribution in [0.3, 0.4) is 0 Å². The molecule has 2 heterocycles. The number of carbonyl (C=O) groups excluding carboxylic acids is 2. The van der Waals surface area contributed by atoms with Crippen LogP contribution in [0.4, 0.5) is 4.79 Å². The van der Waals surface area contributed by atoms with Gasteiger partial charge in [-0.1, -0.05) is 30.3 Å². The van der Waals surface area contributed by atoms with E-state index in [2.05, 4.69) is 10.6 Å². The molecule has 3 rings (SSSR count). The van der Waals surface area contributed by atoms with Gasteiger partial charge in [-0.15, -0.1) is 0 Å². The molecule has 0 spiro atoms. The van der Waals surface area contributed by atoms with Crippen LogP contribution in [-0.2, 0) is 16.0 Å². The van der Waals surface area contributed by atoms with Gasteiger partial charge < -0.3 is 31.5 Å². The first-order chi connectivity index (χ1) is 14.3. The van der Waals surface area contributed by atoms with Gasteiger partial charge in [-0.25, -0.2) is 4.79 Å². The summed E-state index contributed by atoms with van der Waals surface area (Å²) in [6, 6.07) is 8.22. The van der Waals surface area contributed by atoms with E-state index >= 15 is 0 Å². The minimum Gasteiger partial charge on any atom is -0.465 e. The fourth-order valence-electron chi connectivity index (χ4n) is 4.21. The molecule has 5 atom stereocenters. The zero-order valence-electron chi connectivity index (χ0n) is 16.9. The van der Waals surface area contributed by atoms with E-state index in [1.807, 2.05) is 30.3 Å². The molecule has 0 unspecified atom stereocenters. The van der Waals surface area contributed by atoms with Crippen molar-refractivity contribution in [3.63, 3.8) is 0 Å². The van der Waals surface area contributed by atoms with E-state index in [1.165, 1.54) is 4.90 Å². The minimum absolute atomic E-state index is 0.0610. The molecule has 2 aliphatic heterocycles. The number of nitrogens with zero attached hydrogens (tertiary/aromatic N) is 1. The summed E-state index contributed by atoms with van der Waals surface area (Å²) in [4.78, 5) is 37.7. The molecule has 6 N–H and O–H groups in total. The number of Topliss-reactive ketones (excluding diaryl/α,β-unsaturated/α-hetero) is 1. The highest BCUT2D eigenvalue weighted by Crippen LogP contribution is 2.23. The number of aliphatic hydroxyl groups is 1. The van der Waals surface area contributed by atoms with Crippen LogP contribution in [0.1, 0.15) is 31.2 Å². The van der Waals surface area contributed by atoms with Crippen LogP contribution in [0.25, 0.3) is 0 Å². The Labute approximate surface area is 175 Å². The fraction of sp³-hybridized carbons (Fsp3) is 0.571. The summed E-state index contributed by atoms with van der Waals surface area (Å²) in [7, 11) is 0. The normalized spacial score (nSPS) is 27.1. The maximum atomic E-state index is 12.5. The van der Waals surface area contributed by atoms with Crippen molar-refractivity contribution >= 4 is 17.8 Å². The van der Waals surface area contributed by atoms with Crippen molar-refractivity contribution in [3.8, 4) is 0 Å². The Hall–Kier alpha value is -2.49. The van der Waals surface area contributed by atoms with E-state index in [0.717, 1.165) is 5.56 Å². The maximum absolute atomic E-state index is 12.5. The number of hydrogen-bond donors (Lipinski definition) is 5. The second-order valence-electron chi connectivity index (χ2n) is 8.20. The molecule has 2 saturated heterocycles. The molecular weight excluding hydrogens is 388 g/mol. The van der Waals surface area contributed by atoms with Gasteiger partial charge in [-0.2, -0.15) is 0 Å². The van der Waals surface area contributed by atoms with Crippen molar-refractivity contribution < 1.29 is 24.6 Å². The predicted molar refractivity (Wildman–Crippen MR) is 110 cm³/mol. The number of likely N-dealkylation sites (tertiary alicyclic amines) is 1. The molecular formula is C21H30N4O5. The fourth-order valence-corrected chi connectivity index (χ4v) is 4.21. The molecule has 0 aromatic heterocycles. The molecule has 0 radical (unpaired) electrons. The quantitative estimate of drug-likeness (QED) is 0.395. The summed E-state index contributed by atoms with van der Waals surface area (Å²) in [5.74, 6) is -0.578. The van der Waals surface area contributed by atoms with Gasteiger partial charge >= 0.3 is 6.09 Å². The molecule has 30 heavy (non-hydrogen) atoms. The number of carbonyl (C=O) groups is 3. The van der Waals surface area contributed by atoms with Crippen molar-refractivity contribution in [1.29, 1.82) is 0 Å². The van der Waals surface area contributed by atoms with Crippen molar-refractivity contribution in [1.82, 2.24) is 15.5 Å². The third-order valence-electron chi connectivity index (χ3n) is 5.85. The van der Waals surface area contributed by atoms with E-state index in [9.17, 15) is 24.6 Å². The first kappa shape index (κ1) is 22.2. The number of rotatable bonds is 8. The average molecular weight is 418 g/mol. The molecule has 164 valence electrons. The largest absolute Gasteiger partial charge is 0.465 e. The van der Waals surface area contributed by atoms with Crippen molar-refractivity contribution in [2.24, 2.45) is 5.73 Å². The molecule has 2 aliphatic rings. The Morgan fingerprint density at radius 2 is 1.97 bits per heavy atom. The zero-order chi connectivity index (χ0) is 21.7. The molecule has 9 nitrogen and oxygen atoms in total. The minimum atomic E-state index is -1.17. The Bertz CT molecular complexity index is 759. The van der Waals surface area contributed by atoms with Crippen LogP contribution >= 0.6 is 0 Å². The average Bonchev–Trinajstić information content (AvgIpc) is 3.33. The number of nitrogens with two attached hydrogens (primary N) is 1. The first-order valence-corrected chi connectivity index (χ1v) is 10.4. The molecule has 0 bridgehead atoms. The van der Waals surface area contributed by atoms with Gasteiger partial charge in [0.25, 0.3) is 0 Å². The van der Waals surface area contributed by atoms with Crippen molar-refractivity contribution in [2.45, 2.75) is 62.4 Å². The van der Waals surface area contributed by atoms with Gasteiger partial charge in [0.15, 0.2) is 5.78 Å². The number of hydrogen-bond acceptors (Lipinski definition) is 6. The number of nitrogens with one attached hydrogen (secondary N) is 2. The highest BCUT2D eigenvalue weighted by atomic mass is 16.4. The standard InChI is InChI=1S/C21H30N4O5/c22-14-8-17(23-11-14)19(27)10-16-9-15(12-25(16)21(29)30)24-20(28)18(26)7-6-13-4-2-1-3-5-13/h1-5,14-18,23,26H,6-12,22H2,(H,24,28)(H,29,30)/t14-,15+,16+,17+,18-/m1/s1. The summed E-state index contributed by atoms with van der Waals surface area (Å²) in [6.07, 6.45) is -0.478. The molecule has 2 amide bonds. The lowest BCUT2D eigenvalue weighted by Crippen LogP contribution is -2.43. The molecule has 2 fully saturated rings. The number of carboxylic acid groups (broad SMARTS) is 1. The number of ketones is 1. The maximum Gasteiger partial charge on any atom is 0.407 e. The van der Waals surface area contributed by atoms with Gasteiger partial charge in [0, 0.05) is 37.6 Å². The zero-order valence-corrected chi connectivity index (χ0v) is 16.9. The topological polar surface area (TPSA) is 145 Å². The van der Waals surface area contributed by atoms with Gasteiger partial charge in [-0.3, -0.25) is 9.59 Å². The highest BCUT2D eigenvalue weighted by molar-refractivity contribution is 5.85. The molecule has 9 heteroatoms. The van der Waals surface area contributed by atoms with Crippen LogP contribution in [-0.4, -0.2) is 76.3 Å². The van der Waals surface area contributed by atoms with Crippen molar-refractivity contribution in [2.75, 3.05) is 13.1 Å². The summed E-state index contributed by atoms with van der Waals surface area (Å²) in [6.45, 7) is 0.672. The van der Waals surface area contributed by atoms with Crippen LogP contribution in [0.2, 0.25) is 0 Å². The third-order valence-corrected chi connectivity index (χ3v) is 5.85. The van der Waals surface area contributed by atoms with E-state index in [1.54, 1.807) is 0 Å². The monoisotopic (exact) mass is 418 g/mol. The summed E-state index contributed by atoms with van der Waals surface area (Å²) in [5, 5.41) is 25.5. The smallest absolute Gasteiger partial charge is 0.407 e. The first-order valence-electron chi connectivity index (χ1n) is 10.4. The van der Waals surface area contributed by atoms with Crippen LogP contribution < -0.4 is 16.4 Å². The Balaban J connectivity index is 1.50. The number of benzene rings is 1. The Kier molecular flexibility index (Phi) is 7.41. The van der Waals surface area contributed by atoms with E-state index < -0.39 is 30.2 Å². The number of aliphatic hydroxyl groups excluding tert-OH is 1. The molecule has 1 aromatic carbocycles. The lowest BCUT2D eigenvalue weighted by atomic mass is 10.00. The van der Waals surface area contributed by atoms with Gasteiger partial charge in [0.1, 0.15) is 6.10 Å². The van der Waals surface area contributed by atoms with Crippen molar-refractivity contribution in [3.05, 3.63) is 35.9 Å².